The molecule has 0 aliphatic carbocycles. The molecular weight excluding hydrogens is 324 g/mol. The van der Waals surface area contributed by atoms with Crippen LogP contribution < -0.4 is 0 Å². The first-order valence-electron chi connectivity index (χ1n) is 8.53. The predicted octanol–water partition coefficient (Wildman–Crippen LogP) is 3.73. The zero-order valence-electron chi connectivity index (χ0n) is 14.6. The Morgan fingerprint density at radius 1 is 0.962 bits per heavy atom. The zero-order valence-corrected chi connectivity index (χ0v) is 14.6. The maximum absolute atomic E-state index is 10.0. The van der Waals surface area contributed by atoms with Gasteiger partial charge in [-0.25, -0.2) is 4.98 Å². The van der Waals surface area contributed by atoms with Crippen molar-refractivity contribution in [2.75, 3.05) is 7.05 Å². The summed E-state index contributed by atoms with van der Waals surface area (Å²) in [5, 5.41) is 10.0. The first-order valence-corrected chi connectivity index (χ1v) is 8.53. The highest BCUT2D eigenvalue weighted by molar-refractivity contribution is 5.68. The first kappa shape index (κ1) is 16.3. The highest BCUT2D eigenvalue weighted by atomic mass is 16.3. The van der Waals surface area contributed by atoms with Crippen molar-refractivity contribution in [1.82, 2.24) is 19.3 Å². The maximum atomic E-state index is 10.0. The summed E-state index contributed by atoms with van der Waals surface area (Å²) in [6.45, 7) is 1.44. The Morgan fingerprint density at radius 2 is 1.88 bits per heavy atom. The number of fused-ring (bicyclic) bond motifs is 1. The Balaban J connectivity index is 1.68. The van der Waals surface area contributed by atoms with Gasteiger partial charge in [0.25, 0.3) is 0 Å². The van der Waals surface area contributed by atoms with E-state index in [9.17, 15) is 5.11 Å². The normalized spacial score (nSPS) is 11.3. The minimum absolute atomic E-state index is 0.271. The summed E-state index contributed by atoms with van der Waals surface area (Å²) in [6.07, 6.45) is 5.56. The summed E-state index contributed by atoms with van der Waals surface area (Å²) in [7, 11) is 2.06. The van der Waals surface area contributed by atoms with Gasteiger partial charge in [-0.3, -0.25) is 14.3 Å². The maximum Gasteiger partial charge on any atom is 0.137 e. The van der Waals surface area contributed by atoms with Crippen LogP contribution in [0.1, 0.15) is 11.3 Å². The van der Waals surface area contributed by atoms with Gasteiger partial charge in [0.2, 0.25) is 0 Å². The van der Waals surface area contributed by atoms with Crippen molar-refractivity contribution in [3.63, 3.8) is 0 Å². The molecule has 0 amide bonds. The van der Waals surface area contributed by atoms with Crippen LogP contribution in [0.4, 0.5) is 0 Å². The lowest BCUT2D eigenvalue weighted by atomic mass is 10.0. The smallest absolute Gasteiger partial charge is 0.137 e. The molecule has 130 valence electrons. The van der Waals surface area contributed by atoms with E-state index in [4.69, 9.17) is 0 Å². The Morgan fingerprint density at radius 3 is 2.73 bits per heavy atom. The minimum atomic E-state index is 0.271. The van der Waals surface area contributed by atoms with Crippen LogP contribution in [0, 0.1) is 0 Å². The summed E-state index contributed by atoms with van der Waals surface area (Å²) < 4.78 is 2.06. The SMILES string of the molecule is CN(Cc1ccccn1)Cc1cc(O)ccc1-c1cccc2nccn12. The molecule has 0 radical (unpaired) electrons. The fourth-order valence-electron chi connectivity index (χ4n) is 3.24. The molecule has 0 spiro atoms. The monoisotopic (exact) mass is 344 g/mol. The highest BCUT2D eigenvalue weighted by Gasteiger charge is 2.12. The number of imidazole rings is 1. The third kappa shape index (κ3) is 3.30. The molecular formula is C21H20N4O. The quantitative estimate of drug-likeness (QED) is 0.599. The fourth-order valence-corrected chi connectivity index (χ4v) is 3.24. The van der Waals surface area contributed by atoms with E-state index in [0.29, 0.717) is 6.54 Å². The van der Waals surface area contributed by atoms with E-state index in [1.807, 2.05) is 54.9 Å². The van der Waals surface area contributed by atoms with Crippen LogP contribution in [0.5, 0.6) is 5.75 Å². The van der Waals surface area contributed by atoms with Gasteiger partial charge in [0.15, 0.2) is 0 Å². The molecule has 0 atom stereocenters. The van der Waals surface area contributed by atoms with Crippen LogP contribution in [0.2, 0.25) is 0 Å². The number of aromatic nitrogens is 3. The Kier molecular flexibility index (Phi) is 4.37. The van der Waals surface area contributed by atoms with Gasteiger partial charge in [-0.2, -0.15) is 0 Å². The average Bonchev–Trinajstić information content (AvgIpc) is 3.12. The van der Waals surface area contributed by atoms with E-state index < -0.39 is 0 Å². The lowest BCUT2D eigenvalue weighted by Gasteiger charge is -2.19. The Hall–Kier alpha value is -3.18. The molecule has 0 fully saturated rings. The number of nitrogens with zero attached hydrogens (tertiary/aromatic N) is 4. The molecule has 0 saturated heterocycles. The molecule has 3 heterocycles. The number of aromatic hydroxyl groups is 1. The van der Waals surface area contributed by atoms with Crippen LogP contribution in [0.25, 0.3) is 16.9 Å². The Bertz CT molecular complexity index is 1030. The topological polar surface area (TPSA) is 53.7 Å². The number of hydrogen-bond donors (Lipinski definition) is 1. The summed E-state index contributed by atoms with van der Waals surface area (Å²) in [4.78, 5) is 10.9. The number of phenols is 1. The zero-order chi connectivity index (χ0) is 17.9. The van der Waals surface area contributed by atoms with Crippen molar-refractivity contribution in [2.45, 2.75) is 13.1 Å². The van der Waals surface area contributed by atoms with Crippen LogP contribution in [-0.4, -0.2) is 31.4 Å². The molecule has 1 N–H and O–H groups in total. The molecule has 0 aliphatic heterocycles. The standard InChI is InChI=1S/C21H20N4O/c1-24(15-17-5-2-3-10-22-17)14-16-13-18(26)8-9-19(16)20-6-4-7-21-23-11-12-25(20)21/h2-13,26H,14-15H2,1H3. The minimum Gasteiger partial charge on any atom is -0.508 e. The van der Waals surface area contributed by atoms with E-state index >= 15 is 0 Å². The third-order valence-corrected chi connectivity index (χ3v) is 4.39. The molecule has 5 nitrogen and oxygen atoms in total. The number of pyridine rings is 2. The van der Waals surface area contributed by atoms with E-state index in [2.05, 4.69) is 32.4 Å². The average molecular weight is 344 g/mol. The van der Waals surface area contributed by atoms with Crippen molar-refractivity contribution in [3.05, 3.63) is 84.4 Å². The van der Waals surface area contributed by atoms with Gasteiger partial charge in [0, 0.05) is 37.2 Å². The van der Waals surface area contributed by atoms with Crippen LogP contribution in [-0.2, 0) is 13.1 Å². The molecule has 3 aromatic heterocycles. The molecule has 4 aromatic rings. The van der Waals surface area contributed by atoms with Gasteiger partial charge in [0.05, 0.1) is 11.4 Å². The summed E-state index contributed by atoms with van der Waals surface area (Å²) in [6, 6.07) is 17.5. The fraction of sp³-hybridized carbons (Fsp3) is 0.143. The van der Waals surface area contributed by atoms with Crippen LogP contribution in [0.3, 0.4) is 0 Å². The molecule has 1 aromatic carbocycles. The third-order valence-electron chi connectivity index (χ3n) is 4.39. The molecule has 0 unspecified atom stereocenters. The van der Waals surface area contributed by atoms with Gasteiger partial charge in [-0.15, -0.1) is 0 Å². The molecule has 0 aliphatic rings. The second-order valence-electron chi connectivity index (χ2n) is 6.40. The summed E-state index contributed by atoms with van der Waals surface area (Å²) >= 11 is 0. The molecule has 0 saturated carbocycles. The van der Waals surface area contributed by atoms with Gasteiger partial charge in [-0.05, 0) is 55.1 Å². The first-order chi connectivity index (χ1) is 12.7. The van der Waals surface area contributed by atoms with Crippen molar-refractivity contribution in [3.8, 4) is 17.0 Å². The van der Waals surface area contributed by atoms with Gasteiger partial charge in [-0.1, -0.05) is 12.1 Å². The molecule has 26 heavy (non-hydrogen) atoms. The summed E-state index contributed by atoms with van der Waals surface area (Å²) in [5.41, 5.74) is 5.13. The Labute approximate surface area is 152 Å². The van der Waals surface area contributed by atoms with Gasteiger partial charge >= 0.3 is 0 Å². The second kappa shape index (κ2) is 6.98. The second-order valence-corrected chi connectivity index (χ2v) is 6.40. The van der Waals surface area contributed by atoms with Crippen LogP contribution in [0.15, 0.2) is 73.2 Å². The van der Waals surface area contributed by atoms with Crippen molar-refractivity contribution >= 4 is 5.65 Å². The van der Waals surface area contributed by atoms with E-state index in [1.165, 1.54) is 0 Å². The van der Waals surface area contributed by atoms with Gasteiger partial charge < -0.3 is 5.11 Å². The lowest BCUT2D eigenvalue weighted by Crippen LogP contribution is -2.18. The summed E-state index contributed by atoms with van der Waals surface area (Å²) in [5.74, 6) is 0.271. The largest absolute Gasteiger partial charge is 0.508 e. The molecule has 4 rings (SSSR count). The predicted molar refractivity (Wildman–Crippen MR) is 102 cm³/mol. The van der Waals surface area contributed by atoms with E-state index in [1.54, 1.807) is 12.3 Å². The van der Waals surface area contributed by atoms with E-state index in [0.717, 1.165) is 34.7 Å². The van der Waals surface area contributed by atoms with Crippen molar-refractivity contribution < 1.29 is 5.11 Å². The highest BCUT2D eigenvalue weighted by Crippen LogP contribution is 2.28. The molecule has 5 heteroatoms. The van der Waals surface area contributed by atoms with E-state index in [-0.39, 0.29) is 5.75 Å². The number of hydrogen-bond acceptors (Lipinski definition) is 4. The van der Waals surface area contributed by atoms with Crippen molar-refractivity contribution in [2.24, 2.45) is 0 Å². The van der Waals surface area contributed by atoms with Crippen LogP contribution >= 0.6 is 0 Å². The van der Waals surface area contributed by atoms with Gasteiger partial charge in [0.1, 0.15) is 11.4 Å². The lowest BCUT2D eigenvalue weighted by molar-refractivity contribution is 0.315. The number of phenolic OH excluding ortho intramolecular Hbond substituents is 1. The number of benzene rings is 1. The molecule has 0 bridgehead atoms. The van der Waals surface area contributed by atoms with Crippen molar-refractivity contribution in [1.29, 1.82) is 0 Å². The number of rotatable bonds is 5.